The van der Waals surface area contributed by atoms with Gasteiger partial charge in [-0.05, 0) is 51.0 Å². The molecule has 0 spiro atoms. The molecule has 0 aromatic carbocycles. The SMILES string of the molecule is CC(C)C1CC(CN)(N2CCC3CCC(C2)N3C)C1. The minimum absolute atomic E-state index is 0.347. The summed E-state index contributed by atoms with van der Waals surface area (Å²) in [4.78, 5) is 5.41. The van der Waals surface area contributed by atoms with Gasteiger partial charge in [-0.3, -0.25) is 9.80 Å². The molecular weight excluding hydrogens is 234 g/mol. The molecule has 2 saturated heterocycles. The third-order valence-electron chi connectivity index (χ3n) is 6.43. The van der Waals surface area contributed by atoms with Crippen LogP contribution in [-0.4, -0.2) is 54.1 Å². The first kappa shape index (κ1) is 13.8. The van der Waals surface area contributed by atoms with Crippen LogP contribution in [0.5, 0.6) is 0 Å². The van der Waals surface area contributed by atoms with E-state index in [1.807, 2.05) is 0 Å². The van der Waals surface area contributed by atoms with Crippen molar-refractivity contribution in [2.24, 2.45) is 17.6 Å². The summed E-state index contributed by atoms with van der Waals surface area (Å²) in [6.45, 7) is 8.12. The maximum atomic E-state index is 6.19. The van der Waals surface area contributed by atoms with Crippen molar-refractivity contribution in [1.29, 1.82) is 0 Å². The number of hydrogen-bond donors (Lipinski definition) is 1. The fourth-order valence-electron chi connectivity index (χ4n) is 4.68. The first-order chi connectivity index (χ1) is 9.05. The lowest BCUT2D eigenvalue weighted by atomic mass is 9.63. The Kier molecular flexibility index (Phi) is 3.65. The summed E-state index contributed by atoms with van der Waals surface area (Å²) >= 11 is 0. The molecule has 1 saturated carbocycles. The largest absolute Gasteiger partial charge is 0.329 e. The summed E-state index contributed by atoms with van der Waals surface area (Å²) in [6.07, 6.45) is 6.83. The van der Waals surface area contributed by atoms with Crippen molar-refractivity contribution in [2.75, 3.05) is 26.7 Å². The summed E-state index contributed by atoms with van der Waals surface area (Å²) in [5.41, 5.74) is 6.54. The lowest BCUT2D eigenvalue weighted by molar-refractivity contribution is -0.0388. The molecule has 19 heavy (non-hydrogen) atoms. The van der Waals surface area contributed by atoms with Crippen molar-refractivity contribution in [3.05, 3.63) is 0 Å². The van der Waals surface area contributed by atoms with Crippen molar-refractivity contribution in [1.82, 2.24) is 9.80 Å². The van der Waals surface area contributed by atoms with E-state index in [2.05, 4.69) is 30.7 Å². The summed E-state index contributed by atoms with van der Waals surface area (Å²) in [7, 11) is 2.33. The van der Waals surface area contributed by atoms with E-state index in [4.69, 9.17) is 5.73 Å². The van der Waals surface area contributed by atoms with Gasteiger partial charge in [0, 0.05) is 37.3 Å². The predicted molar refractivity (Wildman–Crippen MR) is 80.1 cm³/mol. The number of hydrogen-bond acceptors (Lipinski definition) is 3. The molecule has 0 radical (unpaired) electrons. The highest BCUT2D eigenvalue weighted by molar-refractivity contribution is 5.06. The lowest BCUT2D eigenvalue weighted by Crippen LogP contribution is -2.63. The lowest BCUT2D eigenvalue weighted by Gasteiger charge is -2.56. The fraction of sp³-hybridized carbons (Fsp3) is 1.00. The highest BCUT2D eigenvalue weighted by Crippen LogP contribution is 2.47. The molecule has 2 aliphatic heterocycles. The van der Waals surface area contributed by atoms with E-state index in [1.54, 1.807) is 0 Å². The molecule has 2 atom stereocenters. The van der Waals surface area contributed by atoms with Gasteiger partial charge in [-0.1, -0.05) is 13.8 Å². The molecule has 3 heteroatoms. The summed E-state index contributed by atoms with van der Waals surface area (Å²) in [5.74, 6) is 1.73. The Labute approximate surface area is 118 Å². The van der Waals surface area contributed by atoms with E-state index in [-0.39, 0.29) is 0 Å². The maximum absolute atomic E-state index is 6.19. The van der Waals surface area contributed by atoms with Crippen molar-refractivity contribution < 1.29 is 0 Å². The van der Waals surface area contributed by atoms with Crippen LogP contribution in [0.15, 0.2) is 0 Å². The van der Waals surface area contributed by atoms with Crippen molar-refractivity contribution in [3.63, 3.8) is 0 Å². The van der Waals surface area contributed by atoms with Crippen molar-refractivity contribution >= 4 is 0 Å². The second-order valence-corrected chi connectivity index (χ2v) is 7.63. The zero-order valence-corrected chi connectivity index (χ0v) is 12.9. The third kappa shape index (κ3) is 2.24. The van der Waals surface area contributed by atoms with Crippen LogP contribution in [0.3, 0.4) is 0 Å². The Morgan fingerprint density at radius 2 is 1.84 bits per heavy atom. The minimum Gasteiger partial charge on any atom is -0.329 e. The average molecular weight is 265 g/mol. The van der Waals surface area contributed by atoms with Crippen LogP contribution < -0.4 is 5.73 Å². The van der Waals surface area contributed by atoms with Crippen LogP contribution in [0, 0.1) is 11.8 Å². The number of nitrogens with two attached hydrogens (primary N) is 1. The van der Waals surface area contributed by atoms with E-state index >= 15 is 0 Å². The van der Waals surface area contributed by atoms with Gasteiger partial charge in [-0.2, -0.15) is 0 Å². The van der Waals surface area contributed by atoms with E-state index < -0.39 is 0 Å². The Balaban J connectivity index is 1.68. The Morgan fingerprint density at radius 1 is 1.16 bits per heavy atom. The number of rotatable bonds is 3. The van der Waals surface area contributed by atoms with Crippen LogP contribution in [-0.2, 0) is 0 Å². The Hall–Kier alpha value is -0.120. The predicted octanol–water partition coefficient (Wildman–Crippen LogP) is 1.92. The standard InChI is InChI=1S/C16H31N3/c1-12(2)13-8-16(9-13,11-17)19-7-6-14-4-5-15(10-19)18(14)3/h12-15H,4-11,17H2,1-3H3. The molecule has 110 valence electrons. The topological polar surface area (TPSA) is 32.5 Å². The molecule has 0 aromatic rings. The fourth-order valence-corrected chi connectivity index (χ4v) is 4.68. The molecule has 3 rings (SSSR count). The van der Waals surface area contributed by atoms with Crippen LogP contribution >= 0.6 is 0 Å². The van der Waals surface area contributed by atoms with Gasteiger partial charge in [0.2, 0.25) is 0 Å². The van der Waals surface area contributed by atoms with Gasteiger partial charge in [-0.25, -0.2) is 0 Å². The minimum atomic E-state index is 0.347. The normalized spacial score (nSPS) is 44.4. The molecule has 0 amide bonds. The molecule has 0 aromatic heterocycles. The number of fused-ring (bicyclic) bond motifs is 2. The highest BCUT2D eigenvalue weighted by Gasteiger charge is 2.50. The summed E-state index contributed by atoms with van der Waals surface area (Å²) in [6, 6.07) is 1.62. The summed E-state index contributed by atoms with van der Waals surface area (Å²) in [5, 5.41) is 0. The molecule has 3 fully saturated rings. The Bertz CT molecular complexity index is 322. The van der Waals surface area contributed by atoms with Crippen molar-refractivity contribution in [3.8, 4) is 0 Å². The molecule has 2 heterocycles. The van der Waals surface area contributed by atoms with Gasteiger partial charge < -0.3 is 5.73 Å². The van der Waals surface area contributed by atoms with Gasteiger partial charge in [0.1, 0.15) is 0 Å². The van der Waals surface area contributed by atoms with E-state index in [1.165, 1.54) is 45.2 Å². The smallest absolute Gasteiger partial charge is 0.0337 e. The number of nitrogens with zero attached hydrogens (tertiary/aromatic N) is 2. The molecule has 3 aliphatic rings. The molecule has 2 N–H and O–H groups in total. The second kappa shape index (κ2) is 5.01. The average Bonchev–Trinajstić information content (AvgIpc) is 2.54. The van der Waals surface area contributed by atoms with E-state index in [0.717, 1.165) is 30.5 Å². The quantitative estimate of drug-likeness (QED) is 0.846. The highest BCUT2D eigenvalue weighted by atomic mass is 15.3. The second-order valence-electron chi connectivity index (χ2n) is 7.63. The van der Waals surface area contributed by atoms with E-state index in [9.17, 15) is 0 Å². The van der Waals surface area contributed by atoms with Gasteiger partial charge in [0.25, 0.3) is 0 Å². The third-order valence-corrected chi connectivity index (χ3v) is 6.43. The van der Waals surface area contributed by atoms with Crippen molar-refractivity contribution in [2.45, 2.75) is 63.6 Å². The van der Waals surface area contributed by atoms with Crippen LogP contribution in [0.2, 0.25) is 0 Å². The number of likely N-dealkylation sites (N-methyl/N-ethyl adjacent to an activating group) is 1. The molecule has 1 aliphatic carbocycles. The van der Waals surface area contributed by atoms with Gasteiger partial charge in [0.15, 0.2) is 0 Å². The Morgan fingerprint density at radius 3 is 2.47 bits per heavy atom. The summed E-state index contributed by atoms with van der Waals surface area (Å²) < 4.78 is 0. The van der Waals surface area contributed by atoms with Gasteiger partial charge in [0.05, 0.1) is 0 Å². The van der Waals surface area contributed by atoms with Gasteiger partial charge in [-0.15, -0.1) is 0 Å². The first-order valence-electron chi connectivity index (χ1n) is 8.23. The van der Waals surface area contributed by atoms with Crippen LogP contribution in [0.25, 0.3) is 0 Å². The monoisotopic (exact) mass is 265 g/mol. The zero-order valence-electron chi connectivity index (χ0n) is 12.9. The zero-order chi connectivity index (χ0) is 13.6. The molecule has 2 unspecified atom stereocenters. The van der Waals surface area contributed by atoms with Crippen LogP contribution in [0.4, 0.5) is 0 Å². The molecule has 2 bridgehead atoms. The molecule has 3 nitrogen and oxygen atoms in total. The van der Waals surface area contributed by atoms with Crippen LogP contribution in [0.1, 0.15) is 46.0 Å². The molecular formula is C16H31N3. The number of likely N-dealkylation sites (tertiary alicyclic amines) is 1. The van der Waals surface area contributed by atoms with E-state index in [0.29, 0.717) is 5.54 Å². The first-order valence-corrected chi connectivity index (χ1v) is 8.23. The maximum Gasteiger partial charge on any atom is 0.0337 e. The van der Waals surface area contributed by atoms with Gasteiger partial charge >= 0.3 is 0 Å².